The molecular formula is C15H17Cl3F3N3OS. The maximum absolute atomic E-state index is 12.7. The first-order chi connectivity index (χ1) is 11.8. The Balaban J connectivity index is 2.80. The third-order valence-electron chi connectivity index (χ3n) is 2.95. The fourth-order valence-electron chi connectivity index (χ4n) is 1.86. The van der Waals surface area contributed by atoms with Gasteiger partial charge in [0.25, 0.3) is 0 Å². The molecule has 0 bridgehead atoms. The molecule has 11 heteroatoms. The Hall–Kier alpha value is -0.960. The lowest BCUT2D eigenvalue weighted by Crippen LogP contribution is -2.56. The molecule has 1 atom stereocenters. The molecule has 1 rings (SSSR count). The monoisotopic (exact) mass is 449 g/mol. The zero-order valence-corrected chi connectivity index (χ0v) is 16.8. The molecule has 1 aromatic rings. The summed E-state index contributed by atoms with van der Waals surface area (Å²) in [5.74, 6) is -0.285. The van der Waals surface area contributed by atoms with Gasteiger partial charge < -0.3 is 16.0 Å². The van der Waals surface area contributed by atoms with E-state index in [1.165, 1.54) is 12.1 Å². The highest BCUT2D eigenvalue weighted by Gasteiger charge is 2.35. The predicted octanol–water partition coefficient (Wildman–Crippen LogP) is 4.85. The molecular weight excluding hydrogens is 434 g/mol. The second-order valence-electron chi connectivity index (χ2n) is 5.82. The molecule has 1 aromatic carbocycles. The number of nitrogens with one attached hydrogen (secondary N) is 3. The van der Waals surface area contributed by atoms with Crippen LogP contribution in [0.25, 0.3) is 0 Å². The van der Waals surface area contributed by atoms with E-state index in [9.17, 15) is 18.0 Å². The maximum Gasteiger partial charge on any atom is 0.416 e. The van der Waals surface area contributed by atoms with Crippen LogP contribution in [0.2, 0.25) is 0 Å². The van der Waals surface area contributed by atoms with Crippen LogP contribution in [0.1, 0.15) is 25.8 Å². The Morgan fingerprint density at radius 1 is 1.19 bits per heavy atom. The SMILES string of the molecule is CC(C)CC(=O)N[C@@H](NC(=S)Nc1cccc(C(F)(F)F)c1)C(Cl)(Cl)Cl. The minimum Gasteiger partial charge on any atom is -0.339 e. The molecule has 0 fully saturated rings. The highest BCUT2D eigenvalue weighted by molar-refractivity contribution is 7.80. The van der Waals surface area contributed by atoms with E-state index in [0.717, 1.165) is 12.1 Å². The van der Waals surface area contributed by atoms with E-state index < -0.39 is 21.7 Å². The molecule has 3 N–H and O–H groups in total. The van der Waals surface area contributed by atoms with E-state index in [1.54, 1.807) is 0 Å². The Morgan fingerprint density at radius 2 is 1.81 bits per heavy atom. The van der Waals surface area contributed by atoms with E-state index >= 15 is 0 Å². The van der Waals surface area contributed by atoms with Crippen molar-refractivity contribution >= 4 is 63.7 Å². The summed E-state index contributed by atoms with van der Waals surface area (Å²) in [5, 5.41) is 7.51. The van der Waals surface area contributed by atoms with Gasteiger partial charge in [-0.25, -0.2) is 0 Å². The molecule has 26 heavy (non-hydrogen) atoms. The number of thiocarbonyl (C=S) groups is 1. The van der Waals surface area contributed by atoms with Crippen LogP contribution in [-0.2, 0) is 11.0 Å². The van der Waals surface area contributed by atoms with Crippen LogP contribution in [0.4, 0.5) is 18.9 Å². The van der Waals surface area contributed by atoms with Crippen molar-refractivity contribution in [1.29, 1.82) is 0 Å². The van der Waals surface area contributed by atoms with Crippen LogP contribution in [0.15, 0.2) is 24.3 Å². The molecule has 0 saturated carbocycles. The standard InChI is InChI=1S/C15H17Cl3F3N3OS/c1-8(2)6-11(25)23-12(14(16,17)18)24-13(26)22-10-5-3-4-9(7-10)15(19,20)21/h3-5,7-8,12H,6H2,1-2H3,(H,23,25)(H2,22,24,26)/t12-/m0/s1. The normalized spacial score (nSPS) is 13.3. The van der Waals surface area contributed by atoms with Gasteiger partial charge in [-0.1, -0.05) is 54.7 Å². The largest absolute Gasteiger partial charge is 0.416 e. The molecule has 0 aliphatic carbocycles. The van der Waals surface area contributed by atoms with Crippen LogP contribution >= 0.6 is 47.0 Å². The summed E-state index contributed by atoms with van der Waals surface area (Å²) >= 11 is 22.5. The number of benzene rings is 1. The number of hydrogen-bond donors (Lipinski definition) is 3. The average Bonchev–Trinajstić information content (AvgIpc) is 2.44. The fraction of sp³-hybridized carbons (Fsp3) is 0.467. The summed E-state index contributed by atoms with van der Waals surface area (Å²) in [6.45, 7) is 3.69. The second-order valence-corrected chi connectivity index (χ2v) is 8.59. The van der Waals surface area contributed by atoms with Crippen LogP contribution in [0.3, 0.4) is 0 Å². The van der Waals surface area contributed by atoms with Crippen molar-refractivity contribution in [3.05, 3.63) is 29.8 Å². The van der Waals surface area contributed by atoms with Crippen molar-refractivity contribution in [2.45, 2.75) is 36.4 Å². The second kappa shape index (κ2) is 9.30. The highest BCUT2D eigenvalue weighted by atomic mass is 35.6. The van der Waals surface area contributed by atoms with Crippen LogP contribution < -0.4 is 16.0 Å². The minimum atomic E-state index is -4.49. The summed E-state index contributed by atoms with van der Waals surface area (Å²) in [6, 6.07) is 4.43. The Bertz CT molecular complexity index is 651. The molecule has 0 heterocycles. The zero-order chi connectivity index (χ0) is 20.1. The Morgan fingerprint density at radius 3 is 2.31 bits per heavy atom. The topological polar surface area (TPSA) is 53.2 Å². The van der Waals surface area contributed by atoms with Crippen molar-refractivity contribution in [2.24, 2.45) is 5.92 Å². The molecule has 0 unspecified atom stereocenters. The predicted molar refractivity (Wildman–Crippen MR) is 102 cm³/mol. The minimum absolute atomic E-state index is 0.0845. The summed E-state index contributed by atoms with van der Waals surface area (Å²) in [6.07, 6.45) is -5.46. The quantitative estimate of drug-likeness (QED) is 0.341. The summed E-state index contributed by atoms with van der Waals surface area (Å²) in [4.78, 5) is 11.9. The van der Waals surface area contributed by atoms with Crippen molar-refractivity contribution < 1.29 is 18.0 Å². The molecule has 0 aliphatic rings. The van der Waals surface area contributed by atoms with Crippen LogP contribution in [0.5, 0.6) is 0 Å². The summed E-state index contributed by atoms with van der Waals surface area (Å²) in [5.41, 5.74) is -0.748. The maximum atomic E-state index is 12.7. The first kappa shape index (κ1) is 23.1. The van der Waals surface area contributed by atoms with Gasteiger partial charge in [0.05, 0.1) is 5.56 Å². The van der Waals surface area contributed by atoms with Gasteiger partial charge in [0, 0.05) is 12.1 Å². The lowest BCUT2D eigenvalue weighted by atomic mass is 10.1. The van der Waals surface area contributed by atoms with E-state index in [0.29, 0.717) is 0 Å². The molecule has 0 spiro atoms. The van der Waals surface area contributed by atoms with E-state index in [4.69, 9.17) is 47.0 Å². The number of halogens is 6. The fourth-order valence-corrected chi connectivity index (χ4v) is 2.43. The van der Waals surface area contributed by atoms with Crippen molar-refractivity contribution in [1.82, 2.24) is 10.6 Å². The third-order valence-corrected chi connectivity index (χ3v) is 3.82. The first-order valence-corrected chi connectivity index (χ1v) is 8.94. The number of rotatable bonds is 5. The van der Waals surface area contributed by atoms with Gasteiger partial charge in [-0.3, -0.25) is 4.79 Å². The van der Waals surface area contributed by atoms with Gasteiger partial charge in [-0.15, -0.1) is 0 Å². The Labute approximate surface area is 169 Å². The molecule has 146 valence electrons. The summed E-state index contributed by atoms with van der Waals surface area (Å²) < 4.78 is 36.3. The lowest BCUT2D eigenvalue weighted by molar-refractivity contribution is -0.137. The number of carbonyl (C=O) groups is 1. The van der Waals surface area contributed by atoms with E-state index in [1.807, 2.05) is 13.8 Å². The number of hydrogen-bond acceptors (Lipinski definition) is 2. The lowest BCUT2D eigenvalue weighted by Gasteiger charge is -2.28. The van der Waals surface area contributed by atoms with Gasteiger partial charge in [-0.2, -0.15) is 13.2 Å². The van der Waals surface area contributed by atoms with E-state index in [-0.39, 0.29) is 29.0 Å². The van der Waals surface area contributed by atoms with Crippen molar-refractivity contribution in [2.75, 3.05) is 5.32 Å². The molecule has 4 nitrogen and oxygen atoms in total. The van der Waals surface area contributed by atoms with Gasteiger partial charge in [0.2, 0.25) is 9.70 Å². The number of anilines is 1. The van der Waals surface area contributed by atoms with Gasteiger partial charge in [0.1, 0.15) is 6.17 Å². The molecule has 0 radical (unpaired) electrons. The molecule has 1 amide bonds. The average molecular weight is 451 g/mol. The van der Waals surface area contributed by atoms with Gasteiger partial charge in [-0.05, 0) is 36.3 Å². The number of carbonyl (C=O) groups excluding carboxylic acids is 1. The van der Waals surface area contributed by atoms with Gasteiger partial charge >= 0.3 is 6.18 Å². The van der Waals surface area contributed by atoms with Gasteiger partial charge in [0.15, 0.2) is 5.11 Å². The van der Waals surface area contributed by atoms with Crippen LogP contribution in [-0.4, -0.2) is 21.0 Å². The van der Waals surface area contributed by atoms with Crippen molar-refractivity contribution in [3.8, 4) is 0 Å². The third kappa shape index (κ3) is 8.16. The highest BCUT2D eigenvalue weighted by Crippen LogP contribution is 2.31. The Kier molecular flexibility index (Phi) is 8.26. The number of amides is 1. The smallest absolute Gasteiger partial charge is 0.339 e. The zero-order valence-electron chi connectivity index (χ0n) is 13.8. The molecule has 0 aromatic heterocycles. The summed E-state index contributed by atoms with van der Waals surface area (Å²) in [7, 11) is 0. The molecule has 0 aliphatic heterocycles. The molecule has 0 saturated heterocycles. The van der Waals surface area contributed by atoms with E-state index in [2.05, 4.69) is 16.0 Å². The van der Waals surface area contributed by atoms with Crippen LogP contribution in [0, 0.1) is 5.92 Å². The van der Waals surface area contributed by atoms with Crippen molar-refractivity contribution in [3.63, 3.8) is 0 Å². The first-order valence-electron chi connectivity index (χ1n) is 7.40. The number of alkyl halides is 6.